The van der Waals surface area contributed by atoms with Gasteiger partial charge in [0.15, 0.2) is 0 Å². The molecule has 1 N–H and O–H groups in total. The number of allylic oxidation sites excluding steroid dienone is 7. The molecule has 0 aromatic carbocycles. The molecular formula is C32H47F3O. The summed E-state index contributed by atoms with van der Waals surface area (Å²) < 4.78 is 44.7. The summed E-state index contributed by atoms with van der Waals surface area (Å²) in [6.45, 7) is 4.28. The summed E-state index contributed by atoms with van der Waals surface area (Å²) in [4.78, 5) is 0. The van der Waals surface area contributed by atoms with Crippen LogP contribution in [0, 0.1) is 47.3 Å². The molecule has 36 heavy (non-hydrogen) atoms. The number of hydrogen-bond donors (Lipinski definition) is 1. The third kappa shape index (κ3) is 6.58. The van der Waals surface area contributed by atoms with Crippen LogP contribution in [0.4, 0.5) is 13.2 Å². The van der Waals surface area contributed by atoms with Crippen molar-refractivity contribution in [3.8, 4) is 0 Å². The van der Waals surface area contributed by atoms with Crippen LogP contribution < -0.4 is 0 Å². The largest absolute Gasteiger partial charge is 0.393 e. The molecule has 0 aromatic heterocycles. The first-order valence-corrected chi connectivity index (χ1v) is 14.9. The van der Waals surface area contributed by atoms with Gasteiger partial charge < -0.3 is 5.11 Å². The van der Waals surface area contributed by atoms with E-state index in [-0.39, 0.29) is 47.3 Å². The van der Waals surface area contributed by atoms with Crippen LogP contribution in [0.3, 0.4) is 0 Å². The third-order valence-corrected chi connectivity index (χ3v) is 9.80. The van der Waals surface area contributed by atoms with Crippen LogP contribution in [-0.2, 0) is 0 Å². The molecule has 4 aliphatic carbocycles. The van der Waals surface area contributed by atoms with Gasteiger partial charge in [0.1, 0.15) is 11.7 Å². The quantitative estimate of drug-likeness (QED) is 0.310. The van der Waals surface area contributed by atoms with E-state index in [1.165, 1.54) is 0 Å². The molecule has 9 atom stereocenters. The van der Waals surface area contributed by atoms with Crippen LogP contribution in [-0.4, -0.2) is 11.2 Å². The van der Waals surface area contributed by atoms with Crippen molar-refractivity contribution in [1.29, 1.82) is 0 Å². The molecule has 4 aliphatic rings. The van der Waals surface area contributed by atoms with Crippen LogP contribution >= 0.6 is 0 Å². The van der Waals surface area contributed by atoms with Gasteiger partial charge in [0.2, 0.25) is 0 Å². The zero-order chi connectivity index (χ0) is 25.7. The van der Waals surface area contributed by atoms with Gasteiger partial charge in [0.25, 0.3) is 0 Å². The van der Waals surface area contributed by atoms with Crippen LogP contribution in [0.25, 0.3) is 0 Å². The van der Waals surface area contributed by atoms with E-state index in [1.54, 1.807) is 6.08 Å². The van der Waals surface area contributed by atoms with Crippen molar-refractivity contribution < 1.29 is 18.3 Å². The highest BCUT2D eigenvalue weighted by atomic mass is 19.2. The molecule has 0 saturated heterocycles. The number of halogens is 3. The highest BCUT2D eigenvalue weighted by Crippen LogP contribution is 2.47. The van der Waals surface area contributed by atoms with Crippen molar-refractivity contribution in [3.05, 3.63) is 47.9 Å². The van der Waals surface area contributed by atoms with Crippen LogP contribution in [0.15, 0.2) is 47.9 Å². The molecule has 0 heterocycles. The molecule has 0 fully saturated rings. The fourth-order valence-corrected chi connectivity index (χ4v) is 7.32. The van der Waals surface area contributed by atoms with Crippen molar-refractivity contribution >= 4 is 0 Å². The second kappa shape index (κ2) is 13.0. The van der Waals surface area contributed by atoms with Crippen molar-refractivity contribution in [2.24, 2.45) is 47.3 Å². The second-order valence-electron chi connectivity index (χ2n) is 12.1. The molecule has 0 bridgehead atoms. The monoisotopic (exact) mass is 504 g/mol. The van der Waals surface area contributed by atoms with E-state index in [0.717, 1.165) is 70.6 Å². The summed E-state index contributed by atoms with van der Waals surface area (Å²) >= 11 is 0. The molecule has 0 spiro atoms. The lowest BCUT2D eigenvalue weighted by molar-refractivity contribution is 0.0992. The Balaban J connectivity index is 1.28. The molecule has 202 valence electrons. The third-order valence-electron chi connectivity index (χ3n) is 9.80. The minimum Gasteiger partial charge on any atom is -0.393 e. The SMILES string of the molecule is CCC[C@H]1CCC(CCC(O)C2C=CC([C@H]3CCC([C@@H]4C=CC(CC)CC4)C(F)=C3F)CC2)C=C1F. The van der Waals surface area contributed by atoms with E-state index in [1.807, 2.05) is 12.2 Å². The molecule has 0 aromatic rings. The number of rotatable bonds is 9. The fraction of sp³-hybridized carbons (Fsp3) is 0.750. The standard InChI is InChI=1S/C32H47F3O/c1-3-5-25-12-8-22(20-29(25)33)9-19-30(36)26-15-13-24(14-16-26)28-18-17-27(31(34)32(28)35)23-10-6-21(4-2)7-11-23/h6,10,13,15,20-28,30,36H,3-5,7-9,11-12,14,16-19H2,1-2H3/t21?,22?,23-,24?,25+,26?,27?,28-,30?/m1/s1. The van der Waals surface area contributed by atoms with Gasteiger partial charge in [-0.15, -0.1) is 0 Å². The summed E-state index contributed by atoms with van der Waals surface area (Å²) in [6.07, 6.45) is 21.2. The van der Waals surface area contributed by atoms with Crippen LogP contribution in [0.5, 0.6) is 0 Å². The van der Waals surface area contributed by atoms with E-state index in [4.69, 9.17) is 0 Å². The first-order chi connectivity index (χ1) is 17.4. The molecule has 0 saturated carbocycles. The average molecular weight is 505 g/mol. The fourth-order valence-electron chi connectivity index (χ4n) is 7.32. The molecular weight excluding hydrogens is 457 g/mol. The van der Waals surface area contributed by atoms with E-state index in [0.29, 0.717) is 18.8 Å². The summed E-state index contributed by atoms with van der Waals surface area (Å²) in [6, 6.07) is 0. The topological polar surface area (TPSA) is 20.2 Å². The van der Waals surface area contributed by atoms with Gasteiger partial charge in [-0.05, 0) is 107 Å². The maximum Gasteiger partial charge on any atom is 0.135 e. The highest BCUT2D eigenvalue weighted by molar-refractivity contribution is 5.19. The molecule has 1 nitrogen and oxygen atoms in total. The molecule has 4 heteroatoms. The number of aliphatic hydroxyl groups excluding tert-OH is 1. The van der Waals surface area contributed by atoms with Crippen molar-refractivity contribution in [1.82, 2.24) is 0 Å². The Morgan fingerprint density at radius 2 is 1.39 bits per heavy atom. The summed E-state index contributed by atoms with van der Waals surface area (Å²) in [7, 11) is 0. The number of aliphatic hydroxyl groups is 1. The van der Waals surface area contributed by atoms with Crippen molar-refractivity contribution in [2.75, 3.05) is 0 Å². The van der Waals surface area contributed by atoms with Crippen LogP contribution in [0.2, 0.25) is 0 Å². The average Bonchev–Trinajstić information content (AvgIpc) is 2.90. The Morgan fingerprint density at radius 3 is 1.92 bits per heavy atom. The van der Waals surface area contributed by atoms with E-state index >= 15 is 8.78 Å². The predicted octanol–water partition coefficient (Wildman–Crippen LogP) is 9.56. The van der Waals surface area contributed by atoms with E-state index in [9.17, 15) is 9.50 Å². The summed E-state index contributed by atoms with van der Waals surface area (Å²) in [5, 5.41) is 10.8. The molecule has 0 radical (unpaired) electrons. The number of hydrogen-bond acceptors (Lipinski definition) is 1. The van der Waals surface area contributed by atoms with Crippen molar-refractivity contribution in [3.63, 3.8) is 0 Å². The lowest BCUT2D eigenvalue weighted by Gasteiger charge is -2.37. The Kier molecular flexibility index (Phi) is 10.0. The summed E-state index contributed by atoms with van der Waals surface area (Å²) in [5.74, 6) is -0.533. The lowest BCUT2D eigenvalue weighted by atomic mass is 9.69. The highest BCUT2D eigenvalue weighted by Gasteiger charge is 2.39. The normalized spacial score (nSPS) is 38.2. The second-order valence-corrected chi connectivity index (χ2v) is 12.1. The van der Waals surface area contributed by atoms with Gasteiger partial charge in [-0.3, -0.25) is 0 Å². The lowest BCUT2D eigenvalue weighted by Crippen LogP contribution is -2.29. The minimum atomic E-state index is -0.515. The summed E-state index contributed by atoms with van der Waals surface area (Å²) in [5.41, 5.74) is 0. The van der Waals surface area contributed by atoms with Gasteiger partial charge in [0, 0.05) is 23.7 Å². The Labute approximate surface area is 217 Å². The molecule has 0 amide bonds. The Hall–Kier alpha value is -1.29. The smallest absolute Gasteiger partial charge is 0.135 e. The van der Waals surface area contributed by atoms with E-state index < -0.39 is 17.8 Å². The zero-order valence-corrected chi connectivity index (χ0v) is 22.4. The Bertz CT molecular complexity index is 842. The van der Waals surface area contributed by atoms with Gasteiger partial charge in [-0.1, -0.05) is 44.6 Å². The van der Waals surface area contributed by atoms with Crippen LogP contribution in [0.1, 0.15) is 97.3 Å². The van der Waals surface area contributed by atoms with Gasteiger partial charge in [-0.25, -0.2) is 13.2 Å². The minimum absolute atomic E-state index is 0.0115. The first-order valence-electron chi connectivity index (χ1n) is 14.9. The maximum absolute atomic E-state index is 15.2. The van der Waals surface area contributed by atoms with E-state index in [2.05, 4.69) is 26.0 Å². The van der Waals surface area contributed by atoms with Gasteiger partial charge in [0.05, 0.1) is 11.9 Å². The molecule has 6 unspecified atom stereocenters. The zero-order valence-electron chi connectivity index (χ0n) is 22.4. The van der Waals surface area contributed by atoms with Gasteiger partial charge >= 0.3 is 0 Å². The molecule has 4 rings (SSSR count). The maximum atomic E-state index is 15.2. The van der Waals surface area contributed by atoms with Gasteiger partial charge in [-0.2, -0.15) is 0 Å². The Morgan fingerprint density at radius 1 is 0.750 bits per heavy atom. The predicted molar refractivity (Wildman–Crippen MR) is 142 cm³/mol. The first kappa shape index (κ1) is 27.7. The molecule has 0 aliphatic heterocycles. The van der Waals surface area contributed by atoms with Crippen molar-refractivity contribution in [2.45, 2.75) is 103 Å².